The molecule has 1 aliphatic rings. The van der Waals surface area contributed by atoms with Crippen LogP contribution in [0.5, 0.6) is 0 Å². The number of piperidine rings is 1. The summed E-state index contributed by atoms with van der Waals surface area (Å²) in [5.41, 5.74) is 1.21. The van der Waals surface area contributed by atoms with Crippen LogP contribution in [-0.4, -0.2) is 51.1 Å². The number of amides is 1. The molecule has 0 atom stereocenters. The van der Waals surface area contributed by atoms with Gasteiger partial charge >= 0.3 is 0 Å². The smallest absolute Gasteiger partial charge is 0.254 e. The Morgan fingerprint density at radius 1 is 1.42 bits per heavy atom. The molecule has 8 heteroatoms. The van der Waals surface area contributed by atoms with Crippen molar-refractivity contribution in [3.05, 3.63) is 35.8 Å². The number of aromatic nitrogens is 4. The third-order valence-corrected chi connectivity index (χ3v) is 4.37. The summed E-state index contributed by atoms with van der Waals surface area (Å²) in [5.74, 6) is 1.14. The molecule has 1 amide bonds. The number of hydrogen-bond donors (Lipinski definition) is 2. The minimum Gasteiger partial charge on any atom is -0.390 e. The number of aliphatic hydroxyl groups excluding tert-OH is 1. The summed E-state index contributed by atoms with van der Waals surface area (Å²) in [6.07, 6.45) is 5.50. The summed E-state index contributed by atoms with van der Waals surface area (Å²) >= 11 is 0. The fourth-order valence-corrected chi connectivity index (χ4v) is 3.05. The molecular formula is C16H22N6O2. The van der Waals surface area contributed by atoms with Crippen LogP contribution < -0.4 is 10.2 Å². The van der Waals surface area contributed by atoms with Gasteiger partial charge in [0.05, 0.1) is 18.4 Å². The van der Waals surface area contributed by atoms with Gasteiger partial charge < -0.3 is 15.3 Å². The topological polar surface area (TPSA) is 96.2 Å². The zero-order valence-electron chi connectivity index (χ0n) is 13.7. The lowest BCUT2D eigenvalue weighted by Gasteiger charge is -2.33. The van der Waals surface area contributed by atoms with E-state index in [1.807, 2.05) is 0 Å². The van der Waals surface area contributed by atoms with Gasteiger partial charge in [-0.15, -0.1) is 5.10 Å². The molecular weight excluding hydrogens is 308 g/mol. The van der Waals surface area contributed by atoms with E-state index in [1.54, 1.807) is 36.3 Å². The van der Waals surface area contributed by atoms with Crippen LogP contribution in [0.2, 0.25) is 0 Å². The summed E-state index contributed by atoms with van der Waals surface area (Å²) < 4.78 is 1.79. The van der Waals surface area contributed by atoms with Gasteiger partial charge in [-0.1, -0.05) is 5.21 Å². The van der Waals surface area contributed by atoms with Crippen molar-refractivity contribution in [1.82, 2.24) is 25.3 Å². The van der Waals surface area contributed by atoms with Crippen LogP contribution in [0.15, 0.2) is 24.5 Å². The van der Waals surface area contributed by atoms with E-state index in [0.29, 0.717) is 17.2 Å². The number of aliphatic hydroxyl groups is 1. The van der Waals surface area contributed by atoms with Gasteiger partial charge in [0.2, 0.25) is 0 Å². The molecule has 0 aliphatic carbocycles. The van der Waals surface area contributed by atoms with Gasteiger partial charge in [0.25, 0.3) is 5.91 Å². The maximum absolute atomic E-state index is 12.0. The molecule has 0 unspecified atom stereocenters. The lowest BCUT2D eigenvalue weighted by atomic mass is 9.96. The van der Waals surface area contributed by atoms with Gasteiger partial charge in [-0.25, -0.2) is 4.98 Å². The van der Waals surface area contributed by atoms with E-state index in [4.69, 9.17) is 5.11 Å². The van der Waals surface area contributed by atoms with E-state index in [0.717, 1.165) is 38.3 Å². The molecule has 1 fully saturated rings. The van der Waals surface area contributed by atoms with Crippen LogP contribution in [0, 0.1) is 5.92 Å². The Hall–Kier alpha value is -2.48. The molecule has 1 aliphatic heterocycles. The van der Waals surface area contributed by atoms with Crippen molar-refractivity contribution in [2.75, 3.05) is 25.0 Å². The summed E-state index contributed by atoms with van der Waals surface area (Å²) in [4.78, 5) is 18.6. The quantitative estimate of drug-likeness (QED) is 0.826. The molecule has 2 aromatic rings. The number of nitrogens with zero attached hydrogens (tertiary/aromatic N) is 5. The van der Waals surface area contributed by atoms with E-state index in [9.17, 15) is 4.79 Å². The zero-order valence-corrected chi connectivity index (χ0v) is 13.7. The predicted octanol–water partition coefficient (Wildman–Crippen LogP) is 0.442. The standard InChI is InChI=1S/C16H22N6O2/c1-17-16(24)14-3-2-6-18-15(14)21-7-4-12(5-8-21)9-22-10-13(11-23)19-20-22/h2-3,6,10,12,23H,4-5,7-9,11H2,1H3,(H,17,24). The van der Waals surface area contributed by atoms with Crippen molar-refractivity contribution in [1.29, 1.82) is 0 Å². The molecule has 2 aromatic heterocycles. The first-order valence-corrected chi connectivity index (χ1v) is 8.13. The molecule has 24 heavy (non-hydrogen) atoms. The highest BCUT2D eigenvalue weighted by Crippen LogP contribution is 2.25. The third kappa shape index (κ3) is 3.53. The van der Waals surface area contributed by atoms with E-state index in [-0.39, 0.29) is 12.5 Å². The molecule has 1 saturated heterocycles. The molecule has 0 radical (unpaired) electrons. The van der Waals surface area contributed by atoms with E-state index in [2.05, 4.69) is 25.5 Å². The highest BCUT2D eigenvalue weighted by atomic mass is 16.3. The molecule has 3 heterocycles. The molecule has 2 N–H and O–H groups in total. The van der Waals surface area contributed by atoms with Crippen LogP contribution in [0.1, 0.15) is 28.9 Å². The first-order valence-electron chi connectivity index (χ1n) is 8.13. The van der Waals surface area contributed by atoms with Crippen molar-refractivity contribution in [3.63, 3.8) is 0 Å². The number of rotatable bonds is 5. The molecule has 3 rings (SSSR count). The number of hydrogen-bond acceptors (Lipinski definition) is 6. The van der Waals surface area contributed by atoms with Crippen molar-refractivity contribution >= 4 is 11.7 Å². The Balaban J connectivity index is 1.62. The Labute approximate surface area is 140 Å². The van der Waals surface area contributed by atoms with Crippen molar-refractivity contribution in [2.24, 2.45) is 5.92 Å². The zero-order chi connectivity index (χ0) is 16.9. The normalized spacial score (nSPS) is 15.5. The minimum absolute atomic E-state index is 0.0829. The van der Waals surface area contributed by atoms with Gasteiger partial charge in [0, 0.05) is 32.9 Å². The van der Waals surface area contributed by atoms with Crippen LogP contribution in [-0.2, 0) is 13.2 Å². The monoisotopic (exact) mass is 330 g/mol. The molecule has 8 nitrogen and oxygen atoms in total. The second kappa shape index (κ2) is 7.39. The van der Waals surface area contributed by atoms with Crippen molar-refractivity contribution < 1.29 is 9.90 Å². The van der Waals surface area contributed by atoms with Crippen LogP contribution >= 0.6 is 0 Å². The first kappa shape index (κ1) is 16.4. The largest absolute Gasteiger partial charge is 0.390 e. The van der Waals surface area contributed by atoms with Crippen molar-refractivity contribution in [3.8, 4) is 0 Å². The van der Waals surface area contributed by atoms with Gasteiger partial charge in [-0.2, -0.15) is 0 Å². The maximum Gasteiger partial charge on any atom is 0.254 e. The molecule has 0 saturated carbocycles. The van der Waals surface area contributed by atoms with E-state index in [1.165, 1.54) is 0 Å². The number of carbonyl (C=O) groups excluding carboxylic acids is 1. The highest BCUT2D eigenvalue weighted by molar-refractivity contribution is 5.98. The summed E-state index contributed by atoms with van der Waals surface area (Å²) in [5, 5.41) is 19.6. The van der Waals surface area contributed by atoms with Crippen LogP contribution in [0.4, 0.5) is 5.82 Å². The summed E-state index contributed by atoms with van der Waals surface area (Å²) in [6.45, 7) is 2.42. The second-order valence-electron chi connectivity index (χ2n) is 5.97. The van der Waals surface area contributed by atoms with Gasteiger partial charge in [-0.05, 0) is 30.9 Å². The number of carbonyl (C=O) groups is 1. The van der Waals surface area contributed by atoms with Gasteiger partial charge in [-0.3, -0.25) is 9.48 Å². The minimum atomic E-state index is -0.112. The molecule has 0 spiro atoms. The first-order chi connectivity index (χ1) is 11.7. The van der Waals surface area contributed by atoms with E-state index >= 15 is 0 Å². The molecule has 0 bridgehead atoms. The Kier molecular flexibility index (Phi) is 5.05. The van der Waals surface area contributed by atoms with Crippen molar-refractivity contribution in [2.45, 2.75) is 26.0 Å². The van der Waals surface area contributed by atoms with Crippen LogP contribution in [0.25, 0.3) is 0 Å². The Bertz CT molecular complexity index is 693. The lowest BCUT2D eigenvalue weighted by Crippen LogP contribution is -2.37. The predicted molar refractivity (Wildman–Crippen MR) is 88.5 cm³/mol. The van der Waals surface area contributed by atoms with Gasteiger partial charge in [0.1, 0.15) is 11.5 Å². The summed E-state index contributed by atoms with van der Waals surface area (Å²) in [6, 6.07) is 3.59. The Morgan fingerprint density at radius 3 is 2.88 bits per heavy atom. The highest BCUT2D eigenvalue weighted by Gasteiger charge is 2.24. The SMILES string of the molecule is CNC(=O)c1cccnc1N1CCC(Cn2cc(CO)nn2)CC1. The fraction of sp³-hybridized carbons (Fsp3) is 0.500. The Morgan fingerprint density at radius 2 is 2.21 bits per heavy atom. The average Bonchev–Trinajstić information content (AvgIpc) is 3.09. The van der Waals surface area contributed by atoms with Crippen LogP contribution in [0.3, 0.4) is 0 Å². The second-order valence-corrected chi connectivity index (χ2v) is 5.97. The number of pyridine rings is 1. The number of nitrogens with one attached hydrogen (secondary N) is 1. The maximum atomic E-state index is 12.0. The van der Waals surface area contributed by atoms with Gasteiger partial charge in [0.15, 0.2) is 0 Å². The lowest BCUT2D eigenvalue weighted by molar-refractivity contribution is 0.0963. The average molecular weight is 330 g/mol. The fourth-order valence-electron chi connectivity index (χ4n) is 3.05. The summed E-state index contributed by atoms with van der Waals surface area (Å²) in [7, 11) is 1.63. The molecule has 0 aromatic carbocycles. The number of anilines is 1. The third-order valence-electron chi connectivity index (χ3n) is 4.37. The van der Waals surface area contributed by atoms with E-state index < -0.39 is 0 Å². The molecule has 128 valence electrons.